The van der Waals surface area contributed by atoms with E-state index >= 15 is 0 Å². The Kier molecular flexibility index (Phi) is 7.82. The van der Waals surface area contributed by atoms with Crippen LogP contribution in [-0.4, -0.2) is 46.3 Å². The lowest BCUT2D eigenvalue weighted by atomic mass is 10.3. The average molecular weight is 261 g/mol. The van der Waals surface area contributed by atoms with Gasteiger partial charge in [0.25, 0.3) is 0 Å². The Morgan fingerprint density at radius 1 is 1.06 bits per heavy atom. The molecular weight excluding hydrogens is 246 g/mol. The average Bonchev–Trinajstić information content (AvgIpc) is 2.29. The summed E-state index contributed by atoms with van der Waals surface area (Å²) >= 11 is 0. The molecule has 102 valence electrons. The highest BCUT2D eigenvalue weighted by Gasteiger charge is 2.13. The Balaban J connectivity index is 3.84. The largest absolute Gasteiger partial charge is 0.481 e. The molecule has 9 nitrogen and oxygen atoms in total. The second-order valence-corrected chi connectivity index (χ2v) is 3.43. The van der Waals surface area contributed by atoms with Gasteiger partial charge < -0.3 is 15.5 Å². The van der Waals surface area contributed by atoms with Crippen LogP contribution in [0.25, 0.3) is 0 Å². The third-order valence-electron chi connectivity index (χ3n) is 1.94. The quantitative estimate of drug-likeness (QED) is 0.312. The standard InChI is InChI=1S/C9H15N3O6/c13-7(14)3-1-5-10-9(17)12(11-18)6-2-4-8(15)16/h1-6H2,(H,10,17)(H,13,14)(H,15,16). The van der Waals surface area contributed by atoms with Gasteiger partial charge in [0, 0.05) is 19.4 Å². The topological polar surface area (TPSA) is 136 Å². The van der Waals surface area contributed by atoms with Gasteiger partial charge in [-0.05, 0) is 12.8 Å². The van der Waals surface area contributed by atoms with Gasteiger partial charge in [0.1, 0.15) is 0 Å². The Labute approximate surface area is 103 Å². The van der Waals surface area contributed by atoms with Crippen LogP contribution in [0.5, 0.6) is 0 Å². The Bertz CT molecular complexity index is 319. The third kappa shape index (κ3) is 8.02. The number of hydrogen-bond donors (Lipinski definition) is 3. The summed E-state index contributed by atoms with van der Waals surface area (Å²) in [5.74, 6) is -2.00. The van der Waals surface area contributed by atoms with Crippen LogP contribution in [0.4, 0.5) is 4.79 Å². The van der Waals surface area contributed by atoms with Gasteiger partial charge in [0.05, 0.1) is 11.8 Å². The molecule has 0 bridgehead atoms. The van der Waals surface area contributed by atoms with Crippen molar-refractivity contribution in [2.24, 2.45) is 5.29 Å². The number of hydrogen-bond acceptors (Lipinski definition) is 5. The second kappa shape index (κ2) is 8.90. The Morgan fingerprint density at radius 3 is 2.11 bits per heavy atom. The van der Waals surface area contributed by atoms with Crippen LogP contribution >= 0.6 is 0 Å². The molecule has 0 fully saturated rings. The molecule has 2 amide bonds. The molecule has 9 heteroatoms. The van der Waals surface area contributed by atoms with Crippen LogP contribution in [-0.2, 0) is 9.59 Å². The van der Waals surface area contributed by atoms with Gasteiger partial charge in [-0.2, -0.15) is 5.01 Å². The molecule has 0 aromatic carbocycles. The number of amides is 2. The van der Waals surface area contributed by atoms with E-state index in [1.807, 2.05) is 0 Å². The maximum absolute atomic E-state index is 11.3. The summed E-state index contributed by atoms with van der Waals surface area (Å²) in [6.45, 7) is 0.0106. The minimum absolute atomic E-state index is 0.0895. The van der Waals surface area contributed by atoms with E-state index in [4.69, 9.17) is 10.2 Å². The lowest BCUT2D eigenvalue weighted by molar-refractivity contribution is -0.138. The number of carboxylic acid groups (broad SMARTS) is 2. The van der Waals surface area contributed by atoms with Crippen LogP contribution in [0, 0.1) is 4.91 Å². The van der Waals surface area contributed by atoms with Crippen molar-refractivity contribution in [3.05, 3.63) is 4.91 Å². The van der Waals surface area contributed by atoms with Gasteiger partial charge in [-0.25, -0.2) is 4.79 Å². The van der Waals surface area contributed by atoms with Crippen molar-refractivity contribution in [3.63, 3.8) is 0 Å². The molecule has 0 heterocycles. The molecule has 0 radical (unpaired) electrons. The number of nitroso groups, excluding NO2 is 1. The molecule has 0 aliphatic carbocycles. The van der Waals surface area contributed by atoms with Crippen molar-refractivity contribution < 1.29 is 24.6 Å². The molecule has 0 saturated carbocycles. The first kappa shape index (κ1) is 15.8. The highest BCUT2D eigenvalue weighted by molar-refractivity contribution is 5.74. The van der Waals surface area contributed by atoms with Gasteiger partial charge >= 0.3 is 18.0 Å². The molecule has 0 atom stereocenters. The summed E-state index contributed by atoms with van der Waals surface area (Å²) in [7, 11) is 0. The van der Waals surface area contributed by atoms with Crippen molar-refractivity contribution in [2.75, 3.05) is 13.1 Å². The molecule has 3 N–H and O–H groups in total. The fraction of sp³-hybridized carbons (Fsp3) is 0.667. The lowest BCUT2D eigenvalue weighted by Crippen LogP contribution is -2.37. The summed E-state index contributed by atoms with van der Waals surface area (Å²) in [6, 6.07) is -0.763. The van der Waals surface area contributed by atoms with E-state index in [0.29, 0.717) is 5.01 Å². The SMILES string of the molecule is O=NN(CCCC(=O)O)C(=O)NCCCC(=O)O. The van der Waals surface area contributed by atoms with Gasteiger partial charge in [-0.1, -0.05) is 0 Å². The smallest absolute Gasteiger partial charge is 0.340 e. The third-order valence-corrected chi connectivity index (χ3v) is 1.94. The minimum Gasteiger partial charge on any atom is -0.481 e. The first-order valence-corrected chi connectivity index (χ1v) is 5.29. The van der Waals surface area contributed by atoms with Crippen LogP contribution < -0.4 is 5.32 Å². The monoisotopic (exact) mass is 261 g/mol. The molecule has 0 aromatic heterocycles. The number of aliphatic carboxylic acids is 2. The minimum atomic E-state index is -1.03. The van der Waals surface area contributed by atoms with E-state index in [0.717, 1.165) is 0 Å². The van der Waals surface area contributed by atoms with Gasteiger partial charge in [-0.3, -0.25) is 9.59 Å². The molecule has 18 heavy (non-hydrogen) atoms. The van der Waals surface area contributed by atoms with Crippen molar-refractivity contribution in [1.29, 1.82) is 0 Å². The fourth-order valence-corrected chi connectivity index (χ4v) is 1.09. The van der Waals surface area contributed by atoms with E-state index in [-0.39, 0.29) is 38.8 Å². The van der Waals surface area contributed by atoms with E-state index in [1.165, 1.54) is 0 Å². The first-order valence-electron chi connectivity index (χ1n) is 5.29. The highest BCUT2D eigenvalue weighted by atomic mass is 16.4. The first-order chi connectivity index (χ1) is 8.47. The zero-order valence-electron chi connectivity index (χ0n) is 9.66. The van der Waals surface area contributed by atoms with Crippen molar-refractivity contribution in [1.82, 2.24) is 10.3 Å². The van der Waals surface area contributed by atoms with Crippen molar-refractivity contribution in [3.8, 4) is 0 Å². The molecule has 0 unspecified atom stereocenters. The maximum Gasteiger partial charge on any atom is 0.340 e. The van der Waals surface area contributed by atoms with Crippen LogP contribution in [0.15, 0.2) is 5.29 Å². The van der Waals surface area contributed by atoms with Gasteiger partial charge in [-0.15, -0.1) is 4.91 Å². The number of rotatable bonds is 9. The van der Waals surface area contributed by atoms with Gasteiger partial charge in [0.2, 0.25) is 0 Å². The second-order valence-electron chi connectivity index (χ2n) is 3.43. The number of urea groups is 1. The predicted octanol–water partition coefficient (Wildman–Crippen LogP) is 0.409. The Morgan fingerprint density at radius 2 is 1.61 bits per heavy atom. The number of carboxylic acids is 2. The van der Waals surface area contributed by atoms with E-state index < -0.39 is 18.0 Å². The zero-order valence-corrected chi connectivity index (χ0v) is 9.66. The number of carbonyl (C=O) groups is 3. The molecule has 0 saturated heterocycles. The normalized spacial score (nSPS) is 9.56. The van der Waals surface area contributed by atoms with E-state index in [1.54, 1.807) is 0 Å². The molecule has 0 aliphatic rings. The molecular formula is C9H15N3O6. The molecule has 0 spiro atoms. The Hall–Kier alpha value is -2.19. The van der Waals surface area contributed by atoms with Crippen LogP contribution in [0.1, 0.15) is 25.7 Å². The summed E-state index contributed by atoms with van der Waals surface area (Å²) in [6.07, 6.45) is 0.0959. The number of nitrogens with zero attached hydrogens (tertiary/aromatic N) is 2. The summed E-state index contributed by atoms with van der Waals surface area (Å²) in [4.78, 5) is 42.1. The molecule has 0 aliphatic heterocycles. The summed E-state index contributed by atoms with van der Waals surface area (Å²) < 4.78 is 0. The number of carbonyl (C=O) groups excluding carboxylic acids is 1. The van der Waals surface area contributed by atoms with E-state index in [2.05, 4.69) is 10.6 Å². The maximum atomic E-state index is 11.3. The predicted molar refractivity (Wildman–Crippen MR) is 59.6 cm³/mol. The molecule has 0 aromatic rings. The van der Waals surface area contributed by atoms with Crippen LogP contribution in [0.2, 0.25) is 0 Å². The van der Waals surface area contributed by atoms with E-state index in [9.17, 15) is 19.3 Å². The van der Waals surface area contributed by atoms with Crippen molar-refractivity contribution >= 4 is 18.0 Å². The van der Waals surface area contributed by atoms with Crippen LogP contribution in [0.3, 0.4) is 0 Å². The summed E-state index contributed by atoms with van der Waals surface area (Å²) in [5, 5.41) is 22.1. The van der Waals surface area contributed by atoms with Crippen molar-refractivity contribution in [2.45, 2.75) is 25.7 Å². The van der Waals surface area contributed by atoms with Gasteiger partial charge in [0.15, 0.2) is 0 Å². The summed E-state index contributed by atoms with van der Waals surface area (Å²) in [5.41, 5.74) is 0. The highest BCUT2D eigenvalue weighted by Crippen LogP contribution is 1.97. The molecule has 0 rings (SSSR count). The zero-order chi connectivity index (χ0) is 14.0. The number of nitrogens with one attached hydrogen (secondary N) is 1. The lowest BCUT2D eigenvalue weighted by Gasteiger charge is -2.13. The fourth-order valence-electron chi connectivity index (χ4n) is 1.09.